The SMILES string of the molecule is CC.CC(C)(C)c1cnnc(N)c1. The molecule has 74 valence electrons. The molecular weight excluding hydrogens is 162 g/mol. The van der Waals surface area contributed by atoms with Crippen molar-refractivity contribution in [3.05, 3.63) is 17.8 Å². The van der Waals surface area contributed by atoms with E-state index in [0.717, 1.165) is 5.56 Å². The van der Waals surface area contributed by atoms with Crippen LogP contribution in [0.25, 0.3) is 0 Å². The molecule has 0 atom stereocenters. The van der Waals surface area contributed by atoms with Crippen LogP contribution < -0.4 is 5.73 Å². The summed E-state index contributed by atoms with van der Waals surface area (Å²) >= 11 is 0. The molecular formula is C10H19N3. The molecule has 13 heavy (non-hydrogen) atoms. The average Bonchev–Trinajstić information content (AvgIpc) is 2.06. The number of anilines is 1. The van der Waals surface area contributed by atoms with E-state index in [0.29, 0.717) is 5.82 Å². The van der Waals surface area contributed by atoms with Gasteiger partial charge in [-0.15, -0.1) is 5.10 Å². The fourth-order valence-electron chi connectivity index (χ4n) is 0.793. The molecule has 1 aromatic rings. The molecule has 0 fully saturated rings. The minimum absolute atomic E-state index is 0.101. The lowest BCUT2D eigenvalue weighted by Gasteiger charge is -2.17. The van der Waals surface area contributed by atoms with Crippen LogP contribution in [0.1, 0.15) is 40.2 Å². The van der Waals surface area contributed by atoms with Gasteiger partial charge in [-0.1, -0.05) is 34.6 Å². The van der Waals surface area contributed by atoms with Crippen LogP contribution in [0.15, 0.2) is 12.3 Å². The first-order valence-corrected chi connectivity index (χ1v) is 4.59. The zero-order chi connectivity index (χ0) is 10.5. The number of nitrogens with zero attached hydrogens (tertiary/aromatic N) is 2. The fourth-order valence-corrected chi connectivity index (χ4v) is 0.793. The van der Waals surface area contributed by atoms with E-state index >= 15 is 0 Å². The largest absolute Gasteiger partial charge is 0.382 e. The Hall–Kier alpha value is -1.12. The van der Waals surface area contributed by atoms with Gasteiger partial charge in [-0.2, -0.15) is 5.10 Å². The minimum Gasteiger partial charge on any atom is -0.382 e. The molecule has 3 heteroatoms. The van der Waals surface area contributed by atoms with E-state index in [1.807, 2.05) is 19.9 Å². The number of nitrogen functional groups attached to an aromatic ring is 1. The van der Waals surface area contributed by atoms with Crippen molar-refractivity contribution in [3.8, 4) is 0 Å². The average molecular weight is 181 g/mol. The maximum absolute atomic E-state index is 5.48. The number of nitrogens with two attached hydrogens (primary N) is 1. The van der Waals surface area contributed by atoms with Crippen molar-refractivity contribution in [1.29, 1.82) is 0 Å². The third-order valence-electron chi connectivity index (χ3n) is 1.54. The molecule has 2 N–H and O–H groups in total. The Labute approximate surface area is 80.4 Å². The molecule has 3 nitrogen and oxygen atoms in total. The predicted octanol–water partition coefficient (Wildman–Crippen LogP) is 2.38. The number of hydrogen-bond acceptors (Lipinski definition) is 3. The molecule has 0 saturated heterocycles. The van der Waals surface area contributed by atoms with Crippen molar-refractivity contribution in [1.82, 2.24) is 10.2 Å². The topological polar surface area (TPSA) is 51.8 Å². The van der Waals surface area contributed by atoms with Crippen LogP contribution in [0, 0.1) is 0 Å². The minimum atomic E-state index is 0.101. The van der Waals surface area contributed by atoms with Gasteiger partial charge >= 0.3 is 0 Å². The summed E-state index contributed by atoms with van der Waals surface area (Å²) in [5.41, 5.74) is 6.70. The molecule has 1 rings (SSSR count). The Balaban J connectivity index is 0.000000671. The first kappa shape index (κ1) is 11.9. The van der Waals surface area contributed by atoms with Gasteiger partial charge in [-0.25, -0.2) is 0 Å². The first-order chi connectivity index (χ1) is 6.00. The highest BCUT2D eigenvalue weighted by Gasteiger charge is 2.13. The maximum atomic E-state index is 5.48. The molecule has 0 radical (unpaired) electrons. The van der Waals surface area contributed by atoms with Crippen LogP contribution in [0.4, 0.5) is 5.82 Å². The molecule has 0 aromatic carbocycles. The molecule has 0 saturated carbocycles. The van der Waals surface area contributed by atoms with Crippen molar-refractivity contribution in [2.24, 2.45) is 0 Å². The molecule has 0 aliphatic heterocycles. The van der Waals surface area contributed by atoms with Gasteiger partial charge in [-0.05, 0) is 17.0 Å². The molecule has 0 amide bonds. The second-order valence-corrected chi connectivity index (χ2v) is 3.62. The van der Waals surface area contributed by atoms with Gasteiger partial charge in [0, 0.05) is 0 Å². The van der Waals surface area contributed by atoms with Gasteiger partial charge in [0.1, 0.15) is 5.82 Å². The Morgan fingerprint density at radius 2 is 1.77 bits per heavy atom. The summed E-state index contributed by atoms with van der Waals surface area (Å²) in [6.45, 7) is 10.3. The summed E-state index contributed by atoms with van der Waals surface area (Å²) in [6, 6.07) is 1.85. The lowest BCUT2D eigenvalue weighted by atomic mass is 9.89. The van der Waals surface area contributed by atoms with E-state index in [2.05, 4.69) is 31.0 Å². The number of aromatic nitrogens is 2. The second kappa shape index (κ2) is 4.80. The molecule has 0 aliphatic carbocycles. The molecule has 0 bridgehead atoms. The first-order valence-electron chi connectivity index (χ1n) is 4.59. The van der Waals surface area contributed by atoms with E-state index in [1.54, 1.807) is 6.20 Å². The molecule has 1 aromatic heterocycles. The summed E-state index contributed by atoms with van der Waals surface area (Å²) in [7, 11) is 0. The monoisotopic (exact) mass is 181 g/mol. The lowest BCUT2D eigenvalue weighted by molar-refractivity contribution is 0.585. The molecule has 0 aliphatic rings. The highest BCUT2D eigenvalue weighted by Crippen LogP contribution is 2.21. The normalized spacial score (nSPS) is 10.2. The van der Waals surface area contributed by atoms with Gasteiger partial charge in [0.25, 0.3) is 0 Å². The fraction of sp³-hybridized carbons (Fsp3) is 0.600. The van der Waals surface area contributed by atoms with Crippen LogP contribution in [-0.4, -0.2) is 10.2 Å². The molecule has 0 spiro atoms. The van der Waals surface area contributed by atoms with Crippen molar-refractivity contribution in [2.45, 2.75) is 40.0 Å². The zero-order valence-electron chi connectivity index (χ0n) is 9.13. The Morgan fingerprint density at radius 3 is 2.08 bits per heavy atom. The van der Waals surface area contributed by atoms with Crippen molar-refractivity contribution >= 4 is 5.82 Å². The summed E-state index contributed by atoms with van der Waals surface area (Å²) in [4.78, 5) is 0. The predicted molar refractivity (Wildman–Crippen MR) is 56.5 cm³/mol. The second-order valence-electron chi connectivity index (χ2n) is 3.62. The molecule has 0 unspecified atom stereocenters. The van der Waals surface area contributed by atoms with E-state index in [4.69, 9.17) is 5.73 Å². The highest BCUT2D eigenvalue weighted by molar-refractivity contribution is 5.32. The van der Waals surface area contributed by atoms with Crippen molar-refractivity contribution in [2.75, 3.05) is 5.73 Å². The van der Waals surface area contributed by atoms with Crippen molar-refractivity contribution in [3.63, 3.8) is 0 Å². The van der Waals surface area contributed by atoms with E-state index in [1.165, 1.54) is 0 Å². The third-order valence-corrected chi connectivity index (χ3v) is 1.54. The van der Waals surface area contributed by atoms with Gasteiger partial charge in [0.05, 0.1) is 6.20 Å². The van der Waals surface area contributed by atoms with Crippen LogP contribution in [0.5, 0.6) is 0 Å². The van der Waals surface area contributed by atoms with Crippen LogP contribution in [0.2, 0.25) is 0 Å². The van der Waals surface area contributed by atoms with E-state index in [9.17, 15) is 0 Å². The molecule has 1 heterocycles. The summed E-state index contributed by atoms with van der Waals surface area (Å²) < 4.78 is 0. The lowest BCUT2D eigenvalue weighted by Crippen LogP contribution is -2.12. The smallest absolute Gasteiger partial charge is 0.146 e. The quantitative estimate of drug-likeness (QED) is 0.668. The van der Waals surface area contributed by atoms with Gasteiger partial charge in [0.2, 0.25) is 0 Å². The van der Waals surface area contributed by atoms with Crippen LogP contribution in [-0.2, 0) is 5.41 Å². The standard InChI is InChI=1S/C8H13N3.C2H6/c1-8(2,3)6-4-7(9)11-10-5-6;1-2/h4-5H,1-3H3,(H2,9,11);1-2H3. The van der Waals surface area contributed by atoms with E-state index < -0.39 is 0 Å². The number of rotatable bonds is 0. The third kappa shape index (κ3) is 3.87. The summed E-state index contributed by atoms with van der Waals surface area (Å²) in [6.07, 6.45) is 1.75. The number of hydrogen-bond donors (Lipinski definition) is 1. The van der Waals surface area contributed by atoms with Crippen LogP contribution in [0.3, 0.4) is 0 Å². The Bertz CT molecular complexity index is 251. The Kier molecular flexibility index (Phi) is 4.38. The summed E-state index contributed by atoms with van der Waals surface area (Å²) in [5, 5.41) is 7.46. The Morgan fingerprint density at radius 1 is 1.23 bits per heavy atom. The van der Waals surface area contributed by atoms with Gasteiger partial charge in [-0.3, -0.25) is 0 Å². The van der Waals surface area contributed by atoms with Gasteiger partial charge in [0.15, 0.2) is 0 Å². The highest BCUT2D eigenvalue weighted by atomic mass is 15.1. The summed E-state index contributed by atoms with van der Waals surface area (Å²) in [5.74, 6) is 0.484. The van der Waals surface area contributed by atoms with Gasteiger partial charge < -0.3 is 5.73 Å². The zero-order valence-corrected chi connectivity index (χ0v) is 9.13. The van der Waals surface area contributed by atoms with Crippen LogP contribution >= 0.6 is 0 Å². The van der Waals surface area contributed by atoms with Crippen molar-refractivity contribution < 1.29 is 0 Å². The van der Waals surface area contributed by atoms with E-state index in [-0.39, 0.29) is 5.41 Å². The maximum Gasteiger partial charge on any atom is 0.146 e.